The second-order valence-corrected chi connectivity index (χ2v) is 5.38. The molecule has 4 nitrogen and oxygen atoms in total. The number of carbonyl (C=O) groups is 2. The van der Waals surface area contributed by atoms with E-state index >= 15 is 0 Å². The highest BCUT2D eigenvalue weighted by Crippen LogP contribution is 2.16. The van der Waals surface area contributed by atoms with Gasteiger partial charge in [-0.15, -0.1) is 0 Å². The van der Waals surface area contributed by atoms with Gasteiger partial charge in [0.25, 0.3) is 0 Å². The molecule has 0 aliphatic heterocycles. The van der Waals surface area contributed by atoms with E-state index in [1.807, 2.05) is 39.0 Å². The number of carbonyl (C=O) groups excluding carboxylic acids is 2. The standard InChI is InChI=1S/C18H16N2O2.C2H6.H2/c1-12-2-4-13(5-3-12)17(21)8-9-18(22)14-6-7-16-15(10-14)11-19-20-16;1-2;/h2-7,10-11H,8-9H2,1H3,(H,19,20);1-2H3;1H. The van der Waals surface area contributed by atoms with E-state index in [0.29, 0.717) is 11.1 Å². The maximum absolute atomic E-state index is 12.2. The van der Waals surface area contributed by atoms with E-state index in [9.17, 15) is 9.59 Å². The molecule has 24 heavy (non-hydrogen) atoms. The number of aryl methyl sites for hydroxylation is 1. The Morgan fingerprint density at radius 3 is 2.21 bits per heavy atom. The zero-order valence-electron chi connectivity index (χ0n) is 14.3. The Balaban J connectivity index is 0.00000101. The summed E-state index contributed by atoms with van der Waals surface area (Å²) in [4.78, 5) is 24.3. The van der Waals surface area contributed by atoms with Crippen LogP contribution in [0.5, 0.6) is 0 Å². The molecule has 1 heterocycles. The van der Waals surface area contributed by atoms with E-state index in [1.54, 1.807) is 30.5 Å². The zero-order chi connectivity index (χ0) is 17.5. The molecular weight excluding hydrogens is 300 g/mol. The molecule has 1 N–H and O–H groups in total. The van der Waals surface area contributed by atoms with Crippen LogP contribution in [0, 0.1) is 6.92 Å². The lowest BCUT2D eigenvalue weighted by Crippen LogP contribution is -2.05. The Morgan fingerprint density at radius 1 is 0.958 bits per heavy atom. The van der Waals surface area contributed by atoms with E-state index in [0.717, 1.165) is 16.5 Å². The maximum atomic E-state index is 12.2. The van der Waals surface area contributed by atoms with E-state index in [1.165, 1.54) is 0 Å². The molecule has 0 spiro atoms. The first-order valence-corrected chi connectivity index (χ1v) is 8.20. The van der Waals surface area contributed by atoms with Crippen molar-refractivity contribution in [2.75, 3.05) is 0 Å². The predicted molar refractivity (Wildman–Crippen MR) is 98.6 cm³/mol. The Labute approximate surface area is 143 Å². The number of ketones is 2. The smallest absolute Gasteiger partial charge is 0.163 e. The zero-order valence-corrected chi connectivity index (χ0v) is 14.3. The molecule has 0 radical (unpaired) electrons. The molecule has 0 atom stereocenters. The lowest BCUT2D eigenvalue weighted by molar-refractivity contribution is 0.0917. The van der Waals surface area contributed by atoms with Crippen molar-refractivity contribution in [1.29, 1.82) is 0 Å². The number of aromatic amines is 1. The summed E-state index contributed by atoms with van der Waals surface area (Å²) in [5.41, 5.74) is 3.28. The fourth-order valence-electron chi connectivity index (χ4n) is 2.37. The largest absolute Gasteiger partial charge is 0.294 e. The van der Waals surface area contributed by atoms with Crippen LogP contribution in [0.3, 0.4) is 0 Å². The van der Waals surface area contributed by atoms with Gasteiger partial charge in [-0.2, -0.15) is 5.10 Å². The van der Waals surface area contributed by atoms with Crippen molar-refractivity contribution >= 4 is 22.5 Å². The van der Waals surface area contributed by atoms with Gasteiger partial charge in [0.05, 0.1) is 11.7 Å². The van der Waals surface area contributed by atoms with Crippen molar-refractivity contribution in [2.45, 2.75) is 33.6 Å². The number of H-pyrrole nitrogens is 1. The molecular formula is C20H24N2O2. The van der Waals surface area contributed by atoms with E-state index in [4.69, 9.17) is 0 Å². The summed E-state index contributed by atoms with van der Waals surface area (Å²) in [6.07, 6.45) is 2.13. The Morgan fingerprint density at radius 2 is 1.54 bits per heavy atom. The highest BCUT2D eigenvalue weighted by atomic mass is 16.1. The Kier molecular flexibility index (Phi) is 6.01. The molecule has 0 saturated carbocycles. The first kappa shape index (κ1) is 17.6. The van der Waals surface area contributed by atoms with Crippen molar-refractivity contribution in [1.82, 2.24) is 10.2 Å². The van der Waals surface area contributed by atoms with E-state index in [-0.39, 0.29) is 25.8 Å². The number of nitrogens with zero attached hydrogens (tertiary/aromatic N) is 1. The van der Waals surface area contributed by atoms with Gasteiger partial charge in [0.15, 0.2) is 11.6 Å². The van der Waals surface area contributed by atoms with Gasteiger partial charge in [0.2, 0.25) is 0 Å². The molecule has 2 aromatic carbocycles. The quantitative estimate of drug-likeness (QED) is 0.672. The second kappa shape index (κ2) is 8.20. The number of benzene rings is 2. The van der Waals surface area contributed by atoms with Crippen LogP contribution in [0.25, 0.3) is 10.9 Å². The minimum Gasteiger partial charge on any atom is -0.294 e. The first-order valence-electron chi connectivity index (χ1n) is 8.20. The normalized spacial score (nSPS) is 10.1. The summed E-state index contributed by atoms with van der Waals surface area (Å²) in [6.45, 7) is 5.98. The van der Waals surface area contributed by atoms with Gasteiger partial charge in [-0.1, -0.05) is 43.7 Å². The van der Waals surface area contributed by atoms with Gasteiger partial charge in [0.1, 0.15) is 0 Å². The van der Waals surface area contributed by atoms with Crippen molar-refractivity contribution in [3.8, 4) is 0 Å². The molecule has 126 valence electrons. The van der Waals surface area contributed by atoms with Crippen LogP contribution < -0.4 is 0 Å². The fraction of sp³-hybridized carbons (Fsp3) is 0.250. The molecule has 0 fully saturated rings. The highest BCUT2D eigenvalue weighted by Gasteiger charge is 2.11. The van der Waals surface area contributed by atoms with Crippen molar-refractivity contribution in [3.63, 3.8) is 0 Å². The first-order chi connectivity index (χ1) is 11.6. The summed E-state index contributed by atoms with van der Waals surface area (Å²) in [5, 5.41) is 7.68. The van der Waals surface area contributed by atoms with Crippen LogP contribution in [0.2, 0.25) is 0 Å². The molecule has 1 aromatic heterocycles. The number of fused-ring (bicyclic) bond motifs is 1. The lowest BCUT2D eigenvalue weighted by atomic mass is 10.0. The minimum absolute atomic E-state index is 0. The number of aromatic nitrogens is 2. The van der Waals surface area contributed by atoms with Crippen LogP contribution in [0.15, 0.2) is 48.7 Å². The van der Waals surface area contributed by atoms with Gasteiger partial charge in [-0.3, -0.25) is 14.7 Å². The maximum Gasteiger partial charge on any atom is 0.163 e. The average molecular weight is 324 g/mol. The van der Waals surface area contributed by atoms with Gasteiger partial charge in [-0.05, 0) is 25.1 Å². The minimum atomic E-state index is -0.0245. The molecule has 3 rings (SSSR count). The monoisotopic (exact) mass is 324 g/mol. The topological polar surface area (TPSA) is 62.8 Å². The van der Waals surface area contributed by atoms with Crippen molar-refractivity contribution in [3.05, 3.63) is 65.4 Å². The number of Topliss-reactive ketones (excluding diaryl/α,β-unsaturated/α-hetero) is 2. The SMILES string of the molecule is CC.Cc1ccc(C(=O)CCC(=O)c2ccc3[nH]ncc3c2)cc1.[HH]. The van der Waals surface area contributed by atoms with Gasteiger partial charge in [-0.25, -0.2) is 0 Å². The van der Waals surface area contributed by atoms with Gasteiger partial charge < -0.3 is 0 Å². The van der Waals surface area contributed by atoms with Crippen LogP contribution in [0.1, 0.15) is 54.4 Å². The molecule has 0 saturated heterocycles. The number of hydrogen-bond donors (Lipinski definition) is 1. The van der Waals surface area contributed by atoms with Crippen LogP contribution in [0.4, 0.5) is 0 Å². The molecule has 0 aliphatic rings. The molecule has 4 heteroatoms. The number of hydrogen-bond acceptors (Lipinski definition) is 3. The summed E-state index contributed by atoms with van der Waals surface area (Å²) in [5.74, 6) is -0.0266. The van der Waals surface area contributed by atoms with Crippen LogP contribution >= 0.6 is 0 Å². The molecule has 0 bridgehead atoms. The molecule has 3 aromatic rings. The fourth-order valence-corrected chi connectivity index (χ4v) is 2.37. The third-order valence-electron chi connectivity index (χ3n) is 3.71. The summed E-state index contributed by atoms with van der Waals surface area (Å²) in [7, 11) is 0. The second-order valence-electron chi connectivity index (χ2n) is 5.38. The highest BCUT2D eigenvalue weighted by molar-refractivity contribution is 6.03. The molecule has 0 unspecified atom stereocenters. The number of rotatable bonds is 5. The Bertz CT molecular complexity index is 838. The van der Waals surface area contributed by atoms with Crippen molar-refractivity contribution < 1.29 is 11.0 Å². The van der Waals surface area contributed by atoms with Crippen LogP contribution in [-0.2, 0) is 0 Å². The third kappa shape index (κ3) is 4.16. The lowest BCUT2D eigenvalue weighted by Gasteiger charge is -2.03. The summed E-state index contributed by atoms with van der Waals surface area (Å²) in [6, 6.07) is 12.8. The Hall–Kier alpha value is -2.75. The number of nitrogens with one attached hydrogen (secondary N) is 1. The van der Waals surface area contributed by atoms with Gasteiger partial charge >= 0.3 is 0 Å². The molecule has 0 aliphatic carbocycles. The summed E-state index contributed by atoms with van der Waals surface area (Å²) >= 11 is 0. The van der Waals surface area contributed by atoms with Gasteiger partial charge in [0, 0.05) is 30.8 Å². The van der Waals surface area contributed by atoms with Crippen molar-refractivity contribution in [2.24, 2.45) is 0 Å². The molecule has 0 amide bonds. The van der Waals surface area contributed by atoms with E-state index in [2.05, 4.69) is 10.2 Å². The summed E-state index contributed by atoms with van der Waals surface area (Å²) < 4.78 is 0. The third-order valence-corrected chi connectivity index (χ3v) is 3.71. The van der Waals surface area contributed by atoms with Crippen LogP contribution in [-0.4, -0.2) is 21.8 Å². The average Bonchev–Trinajstić information content (AvgIpc) is 3.09. The van der Waals surface area contributed by atoms with E-state index < -0.39 is 0 Å². The predicted octanol–water partition coefficient (Wildman–Crippen LogP) is 4.99.